The number of hydrogen-bond donors (Lipinski definition) is 1. The zero-order valence-corrected chi connectivity index (χ0v) is 10.4. The fourth-order valence-electron chi connectivity index (χ4n) is 1.25. The van der Waals surface area contributed by atoms with E-state index in [9.17, 15) is 5.11 Å². The normalized spacial score (nSPS) is 13.6. The van der Waals surface area contributed by atoms with Crippen LogP contribution in [-0.2, 0) is 0 Å². The molecule has 88 valence electrons. The fraction of sp³-hybridized carbons (Fsp3) is 0.385. The number of rotatable bonds is 5. The molecule has 0 spiro atoms. The van der Waals surface area contributed by atoms with Gasteiger partial charge in [-0.1, -0.05) is 30.7 Å². The predicted molar refractivity (Wildman–Crippen MR) is 66.8 cm³/mol. The Kier molecular flexibility index (Phi) is 5.36. The van der Waals surface area contributed by atoms with Crippen molar-refractivity contribution in [3.63, 3.8) is 0 Å². The molecule has 2 nitrogen and oxygen atoms in total. The highest BCUT2D eigenvalue weighted by Crippen LogP contribution is 2.20. The Bertz CT molecular complexity index is 343. The van der Waals surface area contributed by atoms with E-state index in [0.29, 0.717) is 13.0 Å². The van der Waals surface area contributed by atoms with Crippen LogP contribution in [0.15, 0.2) is 35.4 Å². The first-order valence-corrected chi connectivity index (χ1v) is 5.77. The zero-order chi connectivity index (χ0) is 12.0. The van der Waals surface area contributed by atoms with E-state index in [-0.39, 0.29) is 0 Å². The Labute approximate surface area is 102 Å². The average molecular weight is 241 g/mol. The lowest BCUT2D eigenvalue weighted by Gasteiger charge is -2.10. The van der Waals surface area contributed by atoms with Crippen molar-refractivity contribution in [2.24, 2.45) is 0 Å². The van der Waals surface area contributed by atoms with E-state index in [1.807, 2.05) is 38.1 Å². The van der Waals surface area contributed by atoms with Gasteiger partial charge in [0.2, 0.25) is 0 Å². The van der Waals surface area contributed by atoms with E-state index in [0.717, 1.165) is 16.9 Å². The summed E-state index contributed by atoms with van der Waals surface area (Å²) < 4.78 is 5.49. The van der Waals surface area contributed by atoms with Crippen molar-refractivity contribution in [3.05, 3.63) is 40.9 Å². The molecule has 0 aromatic heterocycles. The fourth-order valence-corrected chi connectivity index (χ4v) is 1.31. The van der Waals surface area contributed by atoms with Crippen LogP contribution in [0.3, 0.4) is 0 Å². The van der Waals surface area contributed by atoms with Gasteiger partial charge in [0.25, 0.3) is 0 Å². The van der Waals surface area contributed by atoms with Crippen LogP contribution in [0.5, 0.6) is 5.75 Å². The molecular formula is C13H17ClO2. The summed E-state index contributed by atoms with van der Waals surface area (Å²) in [6, 6.07) is 7.47. The van der Waals surface area contributed by atoms with Crippen LogP contribution >= 0.6 is 11.6 Å². The number of benzene rings is 1. The molecule has 0 aliphatic rings. The number of halogens is 1. The molecule has 1 aromatic rings. The molecule has 1 N–H and O–H groups in total. The summed E-state index contributed by atoms with van der Waals surface area (Å²) in [6.07, 6.45) is 0.326. The van der Waals surface area contributed by atoms with Crippen molar-refractivity contribution < 1.29 is 9.84 Å². The van der Waals surface area contributed by atoms with Crippen molar-refractivity contribution in [2.45, 2.75) is 26.4 Å². The molecule has 1 unspecified atom stereocenters. The van der Waals surface area contributed by atoms with Crippen molar-refractivity contribution >= 4 is 11.6 Å². The van der Waals surface area contributed by atoms with Gasteiger partial charge in [-0.15, -0.1) is 0 Å². The third kappa shape index (κ3) is 3.87. The van der Waals surface area contributed by atoms with Gasteiger partial charge in [0, 0.05) is 5.54 Å². The van der Waals surface area contributed by atoms with Crippen LogP contribution in [0.25, 0.3) is 0 Å². The van der Waals surface area contributed by atoms with Gasteiger partial charge in [-0.05, 0) is 36.6 Å². The molecule has 0 saturated carbocycles. The summed E-state index contributed by atoms with van der Waals surface area (Å²) in [7, 11) is 0. The highest BCUT2D eigenvalue weighted by molar-refractivity contribution is 6.25. The van der Waals surface area contributed by atoms with Gasteiger partial charge in [0.1, 0.15) is 12.4 Å². The van der Waals surface area contributed by atoms with Gasteiger partial charge in [0.15, 0.2) is 0 Å². The van der Waals surface area contributed by atoms with E-state index < -0.39 is 6.10 Å². The minimum Gasteiger partial charge on any atom is -0.489 e. The summed E-state index contributed by atoms with van der Waals surface area (Å²) in [5.74, 6) is 0.782. The molecule has 0 fully saturated rings. The Morgan fingerprint density at radius 3 is 2.56 bits per heavy atom. The van der Waals surface area contributed by atoms with Crippen LogP contribution in [-0.4, -0.2) is 11.7 Å². The van der Waals surface area contributed by atoms with E-state index in [2.05, 4.69) is 0 Å². The van der Waals surface area contributed by atoms with Gasteiger partial charge in [-0.3, -0.25) is 0 Å². The van der Waals surface area contributed by atoms with Gasteiger partial charge in [-0.2, -0.15) is 0 Å². The van der Waals surface area contributed by atoms with Crippen molar-refractivity contribution in [1.29, 1.82) is 0 Å². The average Bonchev–Trinajstić information content (AvgIpc) is 2.35. The smallest absolute Gasteiger partial charge is 0.119 e. The van der Waals surface area contributed by atoms with E-state index >= 15 is 0 Å². The Balaban J connectivity index is 2.58. The van der Waals surface area contributed by atoms with Gasteiger partial charge in [-0.25, -0.2) is 0 Å². The topological polar surface area (TPSA) is 29.5 Å². The summed E-state index contributed by atoms with van der Waals surface area (Å²) in [5, 5.41) is 9.61. The Hall–Kier alpha value is -0.990. The maximum atomic E-state index is 9.61. The monoisotopic (exact) mass is 240 g/mol. The molecule has 0 heterocycles. The first kappa shape index (κ1) is 13.1. The molecule has 3 heteroatoms. The van der Waals surface area contributed by atoms with Crippen LogP contribution in [0.2, 0.25) is 0 Å². The van der Waals surface area contributed by atoms with Gasteiger partial charge < -0.3 is 9.84 Å². The maximum Gasteiger partial charge on any atom is 0.119 e. The molecule has 0 aliphatic carbocycles. The first-order chi connectivity index (χ1) is 7.67. The molecule has 0 amide bonds. The Morgan fingerprint density at radius 1 is 1.44 bits per heavy atom. The van der Waals surface area contributed by atoms with Gasteiger partial charge in [0.05, 0.1) is 6.10 Å². The summed E-state index contributed by atoms with van der Waals surface area (Å²) >= 11 is 5.53. The minimum atomic E-state index is -0.390. The van der Waals surface area contributed by atoms with Crippen molar-refractivity contribution in [2.75, 3.05) is 6.61 Å². The first-order valence-electron chi connectivity index (χ1n) is 5.34. The van der Waals surface area contributed by atoms with Crippen LogP contribution in [0, 0.1) is 0 Å². The summed E-state index contributed by atoms with van der Waals surface area (Å²) in [6.45, 7) is 4.34. The SMILES string of the molecule is CCC(O)c1ccc(OC/C(C)=C/Cl)cc1. The van der Waals surface area contributed by atoms with E-state index in [1.165, 1.54) is 5.54 Å². The molecule has 16 heavy (non-hydrogen) atoms. The van der Waals surface area contributed by atoms with Gasteiger partial charge >= 0.3 is 0 Å². The molecule has 1 aromatic carbocycles. The maximum absolute atomic E-state index is 9.61. The second-order valence-electron chi connectivity index (χ2n) is 3.74. The molecule has 1 rings (SSSR count). The van der Waals surface area contributed by atoms with E-state index in [1.54, 1.807) is 0 Å². The van der Waals surface area contributed by atoms with Crippen molar-refractivity contribution in [3.8, 4) is 5.75 Å². The molecule has 0 aliphatic heterocycles. The highest BCUT2D eigenvalue weighted by Gasteiger charge is 2.04. The molecular weight excluding hydrogens is 224 g/mol. The molecule has 0 radical (unpaired) electrons. The minimum absolute atomic E-state index is 0.390. The quantitative estimate of drug-likeness (QED) is 0.851. The lowest BCUT2D eigenvalue weighted by molar-refractivity contribution is 0.173. The standard InChI is InChI=1S/C13H17ClO2/c1-3-13(15)11-4-6-12(7-5-11)16-9-10(2)8-14/h4-8,13,15H,3,9H2,1-2H3/b10-8+. The third-order valence-corrected chi connectivity index (χ3v) is 2.68. The second-order valence-corrected chi connectivity index (χ2v) is 3.96. The largest absolute Gasteiger partial charge is 0.489 e. The molecule has 1 atom stereocenters. The van der Waals surface area contributed by atoms with E-state index in [4.69, 9.17) is 16.3 Å². The number of aliphatic hydroxyl groups excluding tert-OH is 1. The molecule has 0 saturated heterocycles. The molecule has 0 bridgehead atoms. The van der Waals surface area contributed by atoms with Crippen molar-refractivity contribution in [1.82, 2.24) is 0 Å². The van der Waals surface area contributed by atoms with Crippen LogP contribution in [0.4, 0.5) is 0 Å². The number of aliphatic hydroxyl groups is 1. The second kappa shape index (κ2) is 6.56. The third-order valence-electron chi connectivity index (χ3n) is 2.30. The lowest BCUT2D eigenvalue weighted by atomic mass is 10.1. The Morgan fingerprint density at radius 2 is 2.06 bits per heavy atom. The highest BCUT2D eigenvalue weighted by atomic mass is 35.5. The zero-order valence-electron chi connectivity index (χ0n) is 9.61. The predicted octanol–water partition coefficient (Wildman–Crippen LogP) is 3.65. The number of ether oxygens (including phenoxy) is 1. The lowest BCUT2D eigenvalue weighted by Crippen LogP contribution is -1.99. The van der Waals surface area contributed by atoms with Crippen LogP contribution in [0.1, 0.15) is 31.9 Å². The summed E-state index contributed by atoms with van der Waals surface area (Å²) in [4.78, 5) is 0. The number of hydrogen-bond acceptors (Lipinski definition) is 2. The summed E-state index contributed by atoms with van der Waals surface area (Å²) in [5.41, 5.74) is 3.40. The van der Waals surface area contributed by atoms with Crippen LogP contribution < -0.4 is 4.74 Å².